The predicted octanol–water partition coefficient (Wildman–Crippen LogP) is 1.78. The van der Waals surface area contributed by atoms with E-state index < -0.39 is 0 Å². The van der Waals surface area contributed by atoms with Crippen molar-refractivity contribution in [3.63, 3.8) is 0 Å². The van der Waals surface area contributed by atoms with Crippen LogP contribution in [-0.4, -0.2) is 29.2 Å². The van der Waals surface area contributed by atoms with E-state index in [0.717, 1.165) is 16.3 Å². The highest BCUT2D eigenvalue weighted by Crippen LogP contribution is 2.31. The Morgan fingerprint density at radius 3 is 2.63 bits per heavy atom. The van der Waals surface area contributed by atoms with E-state index in [1.54, 1.807) is 20.4 Å². The zero-order chi connectivity index (χ0) is 13.4. The van der Waals surface area contributed by atoms with Crippen molar-refractivity contribution < 1.29 is 9.47 Å². The molecule has 96 valence electrons. The average molecular weight is 256 g/mol. The topological polar surface area (TPSA) is 83.2 Å². The van der Waals surface area contributed by atoms with Crippen LogP contribution in [0.15, 0.2) is 24.4 Å². The van der Waals surface area contributed by atoms with E-state index in [9.17, 15) is 0 Å². The lowest BCUT2D eigenvalue weighted by Crippen LogP contribution is -1.97. The number of hydrogen-bond acceptors (Lipinski definition) is 6. The maximum atomic E-state index is 5.57. The third-order valence-corrected chi connectivity index (χ3v) is 2.89. The average Bonchev–Trinajstić information content (AvgIpc) is 2.43. The SMILES string of the molecule is COc1cc(OC)c2cc3cnc(N)nc3nc2c1. The van der Waals surface area contributed by atoms with Crippen LogP contribution in [-0.2, 0) is 0 Å². The highest BCUT2D eigenvalue weighted by atomic mass is 16.5. The van der Waals surface area contributed by atoms with Gasteiger partial charge in [0.2, 0.25) is 5.95 Å². The molecule has 6 heteroatoms. The van der Waals surface area contributed by atoms with Gasteiger partial charge in [-0.15, -0.1) is 0 Å². The maximum absolute atomic E-state index is 5.57. The number of methoxy groups -OCH3 is 2. The lowest BCUT2D eigenvalue weighted by Gasteiger charge is -2.09. The van der Waals surface area contributed by atoms with Crippen LogP contribution in [0.5, 0.6) is 11.5 Å². The van der Waals surface area contributed by atoms with Crippen molar-refractivity contribution in [1.29, 1.82) is 0 Å². The smallest absolute Gasteiger partial charge is 0.222 e. The van der Waals surface area contributed by atoms with Gasteiger partial charge in [0.15, 0.2) is 5.65 Å². The Morgan fingerprint density at radius 1 is 1.05 bits per heavy atom. The molecule has 2 N–H and O–H groups in total. The van der Waals surface area contributed by atoms with Gasteiger partial charge in [-0.1, -0.05) is 0 Å². The van der Waals surface area contributed by atoms with Gasteiger partial charge in [0, 0.05) is 29.1 Å². The maximum Gasteiger partial charge on any atom is 0.222 e. The Kier molecular flexibility index (Phi) is 2.56. The van der Waals surface area contributed by atoms with Crippen molar-refractivity contribution in [3.05, 3.63) is 24.4 Å². The number of fused-ring (bicyclic) bond motifs is 2. The molecule has 3 rings (SSSR count). The molecule has 3 aromatic rings. The van der Waals surface area contributed by atoms with E-state index in [2.05, 4.69) is 15.0 Å². The Bertz CT molecular complexity index is 773. The van der Waals surface area contributed by atoms with Crippen LogP contribution in [0.25, 0.3) is 21.9 Å². The molecule has 0 radical (unpaired) electrons. The summed E-state index contributed by atoms with van der Waals surface area (Å²) >= 11 is 0. The fourth-order valence-corrected chi connectivity index (χ4v) is 1.97. The third-order valence-electron chi connectivity index (χ3n) is 2.89. The zero-order valence-electron chi connectivity index (χ0n) is 10.5. The monoisotopic (exact) mass is 256 g/mol. The van der Waals surface area contributed by atoms with Crippen molar-refractivity contribution in [3.8, 4) is 11.5 Å². The Labute approximate surface area is 109 Å². The molecule has 6 nitrogen and oxygen atoms in total. The zero-order valence-corrected chi connectivity index (χ0v) is 10.5. The Hall–Kier alpha value is -2.63. The fraction of sp³-hybridized carbons (Fsp3) is 0.154. The Morgan fingerprint density at radius 2 is 1.89 bits per heavy atom. The predicted molar refractivity (Wildman–Crippen MR) is 72.4 cm³/mol. The van der Waals surface area contributed by atoms with E-state index in [1.165, 1.54) is 0 Å². The molecule has 2 heterocycles. The number of nitrogen functional groups attached to an aromatic ring is 1. The second kappa shape index (κ2) is 4.24. The molecule has 1 aromatic carbocycles. The summed E-state index contributed by atoms with van der Waals surface area (Å²) in [6, 6.07) is 5.57. The number of nitrogens with zero attached hydrogens (tertiary/aromatic N) is 3. The highest BCUT2D eigenvalue weighted by molar-refractivity contribution is 5.95. The molecule has 0 saturated heterocycles. The fourth-order valence-electron chi connectivity index (χ4n) is 1.97. The summed E-state index contributed by atoms with van der Waals surface area (Å²) in [4.78, 5) is 12.5. The van der Waals surface area contributed by atoms with Crippen molar-refractivity contribution in [1.82, 2.24) is 15.0 Å². The van der Waals surface area contributed by atoms with Crippen LogP contribution in [0, 0.1) is 0 Å². The second-order valence-corrected chi connectivity index (χ2v) is 4.03. The van der Waals surface area contributed by atoms with Crippen molar-refractivity contribution in [2.45, 2.75) is 0 Å². The first-order valence-corrected chi connectivity index (χ1v) is 5.66. The van der Waals surface area contributed by atoms with E-state index in [4.69, 9.17) is 15.2 Å². The van der Waals surface area contributed by atoms with Gasteiger partial charge in [-0.2, -0.15) is 4.98 Å². The normalized spacial score (nSPS) is 10.8. The molecule has 0 unspecified atom stereocenters. The number of hydrogen-bond donors (Lipinski definition) is 1. The third kappa shape index (κ3) is 1.87. The first-order valence-electron chi connectivity index (χ1n) is 5.66. The standard InChI is InChI=1S/C13H12N4O2/c1-18-8-4-10-9(11(5-8)19-2)3-7-6-15-13(14)17-12(7)16-10/h3-6H,1-2H3,(H2,14,15,16,17). The number of pyridine rings is 1. The van der Waals surface area contributed by atoms with Crippen molar-refractivity contribution in [2.75, 3.05) is 20.0 Å². The summed E-state index contributed by atoms with van der Waals surface area (Å²) < 4.78 is 10.6. The van der Waals surface area contributed by atoms with Gasteiger partial charge in [-0.3, -0.25) is 0 Å². The summed E-state index contributed by atoms with van der Waals surface area (Å²) in [6.07, 6.45) is 1.65. The molecule has 0 fully saturated rings. The van der Waals surface area contributed by atoms with Gasteiger partial charge in [0.25, 0.3) is 0 Å². The minimum absolute atomic E-state index is 0.203. The van der Waals surface area contributed by atoms with Gasteiger partial charge in [-0.05, 0) is 6.07 Å². The molecule has 0 saturated carbocycles. The molecule has 0 aliphatic heterocycles. The van der Waals surface area contributed by atoms with Crippen LogP contribution >= 0.6 is 0 Å². The molecule has 0 aliphatic carbocycles. The molecular formula is C13H12N4O2. The molecule has 0 spiro atoms. The number of aromatic nitrogens is 3. The quantitative estimate of drug-likeness (QED) is 0.703. The van der Waals surface area contributed by atoms with Gasteiger partial charge in [-0.25, -0.2) is 9.97 Å². The number of anilines is 1. The van der Waals surface area contributed by atoms with Crippen molar-refractivity contribution >= 4 is 27.9 Å². The first-order chi connectivity index (χ1) is 9.21. The van der Waals surface area contributed by atoms with Gasteiger partial charge in [0.05, 0.1) is 19.7 Å². The number of ether oxygens (including phenoxy) is 2. The van der Waals surface area contributed by atoms with Crippen LogP contribution in [0.4, 0.5) is 5.95 Å². The van der Waals surface area contributed by atoms with Crippen LogP contribution in [0.3, 0.4) is 0 Å². The molecule has 0 amide bonds. The lowest BCUT2D eigenvalue weighted by molar-refractivity contribution is 0.398. The molecule has 2 aromatic heterocycles. The molecular weight excluding hydrogens is 244 g/mol. The summed E-state index contributed by atoms with van der Waals surface area (Å²) in [6.45, 7) is 0. The van der Waals surface area contributed by atoms with Crippen LogP contribution in [0.1, 0.15) is 0 Å². The van der Waals surface area contributed by atoms with Gasteiger partial charge >= 0.3 is 0 Å². The van der Waals surface area contributed by atoms with Gasteiger partial charge < -0.3 is 15.2 Å². The minimum atomic E-state index is 0.203. The highest BCUT2D eigenvalue weighted by Gasteiger charge is 2.09. The van der Waals surface area contributed by atoms with E-state index >= 15 is 0 Å². The van der Waals surface area contributed by atoms with Crippen LogP contribution in [0.2, 0.25) is 0 Å². The van der Waals surface area contributed by atoms with Crippen molar-refractivity contribution in [2.24, 2.45) is 0 Å². The number of rotatable bonds is 2. The van der Waals surface area contributed by atoms with Crippen LogP contribution < -0.4 is 15.2 Å². The second-order valence-electron chi connectivity index (χ2n) is 4.03. The summed E-state index contributed by atoms with van der Waals surface area (Å²) in [5.41, 5.74) is 6.86. The summed E-state index contributed by atoms with van der Waals surface area (Å²) in [7, 11) is 3.21. The first kappa shape index (κ1) is 11.5. The molecule has 0 atom stereocenters. The number of nitrogens with two attached hydrogens (primary N) is 1. The number of benzene rings is 1. The molecule has 0 bridgehead atoms. The molecule has 0 aliphatic rings. The largest absolute Gasteiger partial charge is 0.497 e. The minimum Gasteiger partial charge on any atom is -0.497 e. The lowest BCUT2D eigenvalue weighted by atomic mass is 10.1. The van der Waals surface area contributed by atoms with E-state index in [1.807, 2.05) is 18.2 Å². The van der Waals surface area contributed by atoms with Gasteiger partial charge in [0.1, 0.15) is 11.5 Å². The summed E-state index contributed by atoms with van der Waals surface area (Å²) in [5.74, 6) is 1.58. The molecule has 19 heavy (non-hydrogen) atoms. The van der Waals surface area contributed by atoms with E-state index in [0.29, 0.717) is 17.1 Å². The summed E-state index contributed by atoms with van der Waals surface area (Å²) in [5, 5.41) is 1.69. The van der Waals surface area contributed by atoms with E-state index in [-0.39, 0.29) is 5.95 Å². The Balaban J connectivity index is 2.39.